The molecule has 2 aliphatic carbocycles. The van der Waals surface area contributed by atoms with Crippen LogP contribution in [0.25, 0.3) is 0 Å². The monoisotopic (exact) mass is 198 g/mol. The number of fused-ring (bicyclic) bond motifs is 1. The highest BCUT2D eigenvalue weighted by molar-refractivity contribution is 5.18. The van der Waals surface area contributed by atoms with Gasteiger partial charge in [-0.2, -0.15) is 0 Å². The molecular formula is C11H18O3. The van der Waals surface area contributed by atoms with Gasteiger partial charge in [-0.3, -0.25) is 0 Å². The molecule has 0 aromatic rings. The number of aliphatic hydroxyl groups excluding tert-OH is 1. The molecule has 2 rings (SSSR count). The molecule has 3 nitrogen and oxygen atoms in total. The van der Waals surface area contributed by atoms with Crippen LogP contribution in [0.4, 0.5) is 0 Å². The Bertz CT molecular complexity index is 251. The summed E-state index contributed by atoms with van der Waals surface area (Å²) in [6.45, 7) is 1.71. The molecule has 0 heterocycles. The van der Waals surface area contributed by atoms with Crippen LogP contribution < -0.4 is 0 Å². The molecule has 2 N–H and O–H groups in total. The average molecular weight is 198 g/mol. The molecule has 14 heavy (non-hydrogen) atoms. The van der Waals surface area contributed by atoms with Gasteiger partial charge < -0.3 is 14.9 Å². The highest BCUT2D eigenvalue weighted by Gasteiger charge is 2.51. The summed E-state index contributed by atoms with van der Waals surface area (Å²) in [4.78, 5) is 0. The Morgan fingerprint density at radius 2 is 2.36 bits per heavy atom. The Hall–Kier alpha value is -0.380. The third-order valence-electron chi connectivity index (χ3n) is 3.73. The maximum Gasteiger partial charge on any atom is 0.144 e. The summed E-state index contributed by atoms with van der Waals surface area (Å²) in [7, 11) is 0. The minimum Gasteiger partial charge on any atom is -0.385 e. The third-order valence-corrected chi connectivity index (χ3v) is 3.73. The molecule has 0 amide bonds. The highest BCUT2D eigenvalue weighted by Crippen LogP contribution is 2.48. The number of aliphatic hydroxyl groups is 2. The Balaban J connectivity index is 2.25. The van der Waals surface area contributed by atoms with Crippen LogP contribution in [0.3, 0.4) is 0 Å². The van der Waals surface area contributed by atoms with Crippen LogP contribution in [0, 0.1) is 5.92 Å². The van der Waals surface area contributed by atoms with Crippen LogP contribution in [0.5, 0.6) is 0 Å². The lowest BCUT2D eigenvalue weighted by molar-refractivity contribution is -0.166. The third kappa shape index (κ3) is 1.40. The number of hydrogen-bond acceptors (Lipinski definition) is 3. The first kappa shape index (κ1) is 10.1. The predicted octanol–water partition coefficient (Wildman–Crippen LogP) is 1.20. The number of ether oxygens (including phenoxy) is 1. The summed E-state index contributed by atoms with van der Waals surface area (Å²) in [6.07, 6.45) is 7.50. The Kier molecular flexibility index (Phi) is 2.41. The van der Waals surface area contributed by atoms with Crippen molar-refractivity contribution in [3.05, 3.63) is 12.2 Å². The lowest BCUT2D eigenvalue weighted by Crippen LogP contribution is -2.50. The SMILES string of the molecule is CC1(OCO)CC=CC2(O)CCCC21. The van der Waals surface area contributed by atoms with Crippen molar-refractivity contribution in [1.29, 1.82) is 0 Å². The molecule has 0 aliphatic heterocycles. The predicted molar refractivity (Wildman–Crippen MR) is 52.6 cm³/mol. The molecule has 0 aromatic carbocycles. The van der Waals surface area contributed by atoms with E-state index < -0.39 is 11.2 Å². The summed E-state index contributed by atoms with van der Waals surface area (Å²) >= 11 is 0. The van der Waals surface area contributed by atoms with E-state index in [1.807, 2.05) is 19.1 Å². The smallest absolute Gasteiger partial charge is 0.144 e. The molecule has 0 spiro atoms. The summed E-state index contributed by atoms with van der Waals surface area (Å²) < 4.78 is 5.39. The quantitative estimate of drug-likeness (QED) is 0.518. The second kappa shape index (κ2) is 3.33. The van der Waals surface area contributed by atoms with Gasteiger partial charge in [0.05, 0.1) is 11.2 Å². The maximum absolute atomic E-state index is 10.3. The Morgan fingerprint density at radius 3 is 3.07 bits per heavy atom. The van der Waals surface area contributed by atoms with Gasteiger partial charge >= 0.3 is 0 Å². The zero-order valence-electron chi connectivity index (χ0n) is 8.57. The largest absolute Gasteiger partial charge is 0.385 e. The molecule has 1 fully saturated rings. The molecule has 0 aromatic heterocycles. The van der Waals surface area contributed by atoms with E-state index in [0.29, 0.717) is 0 Å². The molecule has 2 aliphatic rings. The first-order valence-corrected chi connectivity index (χ1v) is 5.26. The first-order valence-electron chi connectivity index (χ1n) is 5.26. The van der Waals surface area contributed by atoms with Crippen molar-refractivity contribution >= 4 is 0 Å². The van der Waals surface area contributed by atoms with Crippen LogP contribution >= 0.6 is 0 Å². The van der Waals surface area contributed by atoms with Crippen molar-refractivity contribution in [2.75, 3.05) is 6.79 Å². The van der Waals surface area contributed by atoms with Crippen molar-refractivity contribution in [3.8, 4) is 0 Å². The van der Waals surface area contributed by atoms with E-state index in [1.165, 1.54) is 0 Å². The van der Waals surface area contributed by atoms with E-state index in [-0.39, 0.29) is 12.7 Å². The zero-order valence-corrected chi connectivity index (χ0v) is 8.57. The fourth-order valence-corrected chi connectivity index (χ4v) is 2.99. The van der Waals surface area contributed by atoms with Gasteiger partial charge in [0.25, 0.3) is 0 Å². The van der Waals surface area contributed by atoms with Gasteiger partial charge in [0.1, 0.15) is 6.79 Å². The lowest BCUT2D eigenvalue weighted by Gasteiger charge is -2.43. The van der Waals surface area contributed by atoms with Crippen LogP contribution in [-0.2, 0) is 4.74 Å². The minimum absolute atomic E-state index is 0.132. The molecule has 3 heteroatoms. The van der Waals surface area contributed by atoms with Gasteiger partial charge in [-0.25, -0.2) is 0 Å². The van der Waals surface area contributed by atoms with Gasteiger partial charge in [-0.1, -0.05) is 12.2 Å². The molecule has 3 unspecified atom stereocenters. The van der Waals surface area contributed by atoms with E-state index >= 15 is 0 Å². The second-order valence-corrected chi connectivity index (χ2v) is 4.63. The topological polar surface area (TPSA) is 49.7 Å². The van der Waals surface area contributed by atoms with Gasteiger partial charge in [-0.15, -0.1) is 0 Å². The van der Waals surface area contributed by atoms with Crippen molar-refractivity contribution in [3.63, 3.8) is 0 Å². The fourth-order valence-electron chi connectivity index (χ4n) is 2.99. The Labute approximate surface area is 84.4 Å². The molecule has 80 valence electrons. The summed E-state index contributed by atoms with van der Waals surface area (Å²) in [5.74, 6) is 0.132. The molecule has 0 radical (unpaired) electrons. The number of rotatable bonds is 2. The molecule has 3 atom stereocenters. The summed E-state index contributed by atoms with van der Waals surface area (Å²) in [5.41, 5.74) is -1.09. The Morgan fingerprint density at radius 1 is 1.57 bits per heavy atom. The van der Waals surface area contributed by atoms with Crippen molar-refractivity contribution < 1.29 is 14.9 Å². The zero-order chi connectivity index (χ0) is 10.2. The van der Waals surface area contributed by atoms with Crippen molar-refractivity contribution in [2.24, 2.45) is 5.92 Å². The van der Waals surface area contributed by atoms with E-state index in [4.69, 9.17) is 9.84 Å². The van der Waals surface area contributed by atoms with E-state index in [0.717, 1.165) is 25.7 Å². The molecular weight excluding hydrogens is 180 g/mol. The molecule has 0 bridgehead atoms. The first-order chi connectivity index (χ1) is 6.61. The highest BCUT2D eigenvalue weighted by atomic mass is 16.6. The van der Waals surface area contributed by atoms with Gasteiger partial charge in [0.2, 0.25) is 0 Å². The van der Waals surface area contributed by atoms with Gasteiger partial charge in [-0.05, 0) is 32.6 Å². The van der Waals surface area contributed by atoms with Crippen LogP contribution in [0.1, 0.15) is 32.6 Å². The second-order valence-electron chi connectivity index (χ2n) is 4.63. The van der Waals surface area contributed by atoms with Crippen LogP contribution in [0.15, 0.2) is 12.2 Å². The molecule has 0 saturated heterocycles. The average Bonchev–Trinajstić information content (AvgIpc) is 2.48. The van der Waals surface area contributed by atoms with E-state index in [2.05, 4.69) is 0 Å². The van der Waals surface area contributed by atoms with E-state index in [1.54, 1.807) is 0 Å². The fraction of sp³-hybridized carbons (Fsp3) is 0.818. The van der Waals surface area contributed by atoms with Crippen molar-refractivity contribution in [2.45, 2.75) is 43.8 Å². The maximum atomic E-state index is 10.3. The normalized spacial score (nSPS) is 46.6. The van der Waals surface area contributed by atoms with Crippen molar-refractivity contribution in [1.82, 2.24) is 0 Å². The van der Waals surface area contributed by atoms with Crippen LogP contribution in [-0.4, -0.2) is 28.2 Å². The number of hydrogen-bond donors (Lipinski definition) is 2. The standard InChI is InChI=1S/C11H18O3/c1-10(14-8-12)5-3-7-11(13)6-2-4-9(10)11/h3,7,9,12-13H,2,4-6,8H2,1H3. The lowest BCUT2D eigenvalue weighted by atomic mass is 9.72. The van der Waals surface area contributed by atoms with E-state index in [9.17, 15) is 5.11 Å². The van der Waals surface area contributed by atoms with Crippen LogP contribution in [0.2, 0.25) is 0 Å². The summed E-state index contributed by atoms with van der Waals surface area (Å²) in [6, 6.07) is 0. The van der Waals surface area contributed by atoms with Gasteiger partial charge in [0, 0.05) is 5.92 Å². The van der Waals surface area contributed by atoms with Gasteiger partial charge in [0.15, 0.2) is 0 Å². The molecule has 1 saturated carbocycles. The summed E-state index contributed by atoms with van der Waals surface area (Å²) in [5, 5.41) is 19.2. The minimum atomic E-state index is -0.692.